The van der Waals surface area contributed by atoms with E-state index in [0.29, 0.717) is 6.42 Å². The zero-order chi connectivity index (χ0) is 12.1. The molecule has 0 N–H and O–H groups in total. The molecule has 0 aliphatic heterocycles. The van der Waals surface area contributed by atoms with E-state index in [9.17, 15) is 4.79 Å². The van der Waals surface area contributed by atoms with Gasteiger partial charge in [-0.05, 0) is 30.5 Å². The van der Waals surface area contributed by atoms with Gasteiger partial charge >= 0.3 is 0 Å². The van der Waals surface area contributed by atoms with Crippen LogP contribution in [0.2, 0.25) is 0 Å². The Morgan fingerprint density at radius 1 is 1.19 bits per heavy atom. The van der Waals surface area contributed by atoms with Gasteiger partial charge in [-0.25, -0.2) is 0 Å². The van der Waals surface area contributed by atoms with E-state index >= 15 is 0 Å². The zero-order valence-corrected chi connectivity index (χ0v) is 10.2. The Labute approximate surface area is 96.4 Å². The number of Topliss-reactive ketones (excluding diaryl/α,β-unsaturated/α-hetero) is 1. The minimum absolute atomic E-state index is 0.0533. The van der Waals surface area contributed by atoms with Crippen molar-refractivity contribution in [3.63, 3.8) is 0 Å². The molecule has 1 rings (SSSR count). The van der Waals surface area contributed by atoms with Crippen LogP contribution in [0.25, 0.3) is 0 Å². The molecule has 3 heteroatoms. The average Bonchev–Trinajstić information content (AvgIpc) is 2.25. The first-order chi connectivity index (χ1) is 7.60. The van der Waals surface area contributed by atoms with Crippen LogP contribution in [0, 0.1) is 13.8 Å². The molecule has 0 aliphatic rings. The number of carbonyl (C=O) groups is 1. The molecule has 0 radical (unpaired) electrons. The van der Waals surface area contributed by atoms with Crippen LogP contribution >= 0.6 is 0 Å². The molecule has 0 heterocycles. The number of aryl methyl sites for hydroxylation is 2. The van der Waals surface area contributed by atoms with E-state index in [4.69, 9.17) is 9.47 Å². The highest BCUT2D eigenvalue weighted by Gasteiger charge is 2.18. The molecule has 0 saturated heterocycles. The summed E-state index contributed by atoms with van der Waals surface area (Å²) in [6.45, 7) is 4.01. The van der Waals surface area contributed by atoms with E-state index in [-0.39, 0.29) is 5.78 Å². The van der Waals surface area contributed by atoms with Crippen molar-refractivity contribution in [3.05, 3.63) is 34.9 Å². The van der Waals surface area contributed by atoms with Gasteiger partial charge in [-0.1, -0.05) is 18.2 Å². The fourth-order valence-corrected chi connectivity index (χ4v) is 1.74. The van der Waals surface area contributed by atoms with Crippen LogP contribution in [-0.4, -0.2) is 26.3 Å². The second-order valence-electron chi connectivity index (χ2n) is 3.82. The van der Waals surface area contributed by atoms with Gasteiger partial charge in [-0.15, -0.1) is 0 Å². The molecule has 0 aliphatic carbocycles. The van der Waals surface area contributed by atoms with E-state index < -0.39 is 6.29 Å². The van der Waals surface area contributed by atoms with Crippen molar-refractivity contribution in [1.29, 1.82) is 0 Å². The number of benzene rings is 1. The molecule has 0 bridgehead atoms. The van der Waals surface area contributed by atoms with E-state index in [1.807, 2.05) is 32.0 Å². The van der Waals surface area contributed by atoms with Gasteiger partial charge < -0.3 is 9.47 Å². The lowest BCUT2D eigenvalue weighted by Gasteiger charge is -2.14. The molecule has 0 aromatic heterocycles. The minimum Gasteiger partial charge on any atom is -0.349 e. The topological polar surface area (TPSA) is 35.5 Å². The van der Waals surface area contributed by atoms with Gasteiger partial charge in [-0.2, -0.15) is 0 Å². The summed E-state index contributed by atoms with van der Waals surface area (Å²) in [6, 6.07) is 6.00. The Morgan fingerprint density at radius 2 is 1.69 bits per heavy atom. The van der Waals surface area contributed by atoms with Gasteiger partial charge in [0, 0.05) is 20.6 Å². The molecule has 16 heavy (non-hydrogen) atoms. The monoisotopic (exact) mass is 222 g/mol. The maximum atomic E-state index is 11.8. The first kappa shape index (κ1) is 12.9. The average molecular weight is 222 g/mol. The normalized spacial score (nSPS) is 10.8. The second kappa shape index (κ2) is 5.77. The molecule has 0 spiro atoms. The van der Waals surface area contributed by atoms with Crippen molar-refractivity contribution < 1.29 is 14.3 Å². The lowest BCUT2D eigenvalue weighted by molar-refractivity contribution is -0.155. The number of hydrogen-bond acceptors (Lipinski definition) is 3. The summed E-state index contributed by atoms with van der Waals surface area (Å²) in [7, 11) is 2.94. The minimum atomic E-state index is -0.765. The Bertz CT molecular complexity index is 347. The van der Waals surface area contributed by atoms with E-state index in [0.717, 1.165) is 16.7 Å². The molecule has 0 fully saturated rings. The molecule has 0 atom stereocenters. The van der Waals surface area contributed by atoms with E-state index in [1.54, 1.807) is 0 Å². The van der Waals surface area contributed by atoms with Crippen molar-refractivity contribution in [1.82, 2.24) is 0 Å². The van der Waals surface area contributed by atoms with Crippen LogP contribution in [-0.2, 0) is 20.7 Å². The quantitative estimate of drug-likeness (QED) is 0.715. The molecule has 0 unspecified atom stereocenters. The van der Waals surface area contributed by atoms with Gasteiger partial charge in [0.05, 0.1) is 0 Å². The third kappa shape index (κ3) is 2.90. The Balaban J connectivity index is 2.84. The van der Waals surface area contributed by atoms with Gasteiger partial charge in [0.1, 0.15) is 0 Å². The highest BCUT2D eigenvalue weighted by atomic mass is 16.7. The van der Waals surface area contributed by atoms with Gasteiger partial charge in [0.15, 0.2) is 5.78 Å². The van der Waals surface area contributed by atoms with Crippen molar-refractivity contribution in [2.45, 2.75) is 26.6 Å². The summed E-state index contributed by atoms with van der Waals surface area (Å²) in [5.41, 5.74) is 3.31. The third-order valence-electron chi connectivity index (χ3n) is 2.69. The van der Waals surface area contributed by atoms with Crippen molar-refractivity contribution in [2.75, 3.05) is 14.2 Å². The second-order valence-corrected chi connectivity index (χ2v) is 3.82. The fourth-order valence-electron chi connectivity index (χ4n) is 1.74. The van der Waals surface area contributed by atoms with Crippen LogP contribution in [0.3, 0.4) is 0 Å². The molecule has 1 aromatic rings. The number of rotatable bonds is 5. The Hall–Kier alpha value is -1.19. The summed E-state index contributed by atoms with van der Waals surface area (Å²) in [4.78, 5) is 11.8. The lowest BCUT2D eigenvalue weighted by atomic mass is 9.98. The van der Waals surface area contributed by atoms with Gasteiger partial charge in [0.25, 0.3) is 0 Å². The third-order valence-corrected chi connectivity index (χ3v) is 2.69. The summed E-state index contributed by atoms with van der Waals surface area (Å²) in [5, 5.41) is 0. The molecule has 3 nitrogen and oxygen atoms in total. The molecule has 0 saturated carbocycles. The van der Waals surface area contributed by atoms with Gasteiger partial charge in [0.2, 0.25) is 6.29 Å². The standard InChI is InChI=1S/C13H18O3/c1-9-6-5-7-10(2)11(9)8-12(14)13(15-3)16-4/h5-7,13H,8H2,1-4H3. The SMILES string of the molecule is COC(OC)C(=O)Cc1c(C)cccc1C. The number of hydrogen-bond donors (Lipinski definition) is 0. The van der Waals surface area contributed by atoms with Crippen LogP contribution < -0.4 is 0 Å². The number of methoxy groups -OCH3 is 2. The van der Waals surface area contributed by atoms with Crippen LogP contribution in [0.5, 0.6) is 0 Å². The predicted octanol–water partition coefficient (Wildman–Crippen LogP) is 2.03. The number of ether oxygens (including phenoxy) is 2. The van der Waals surface area contributed by atoms with Gasteiger partial charge in [-0.3, -0.25) is 4.79 Å². The molecule has 88 valence electrons. The zero-order valence-electron chi connectivity index (χ0n) is 10.2. The lowest BCUT2D eigenvalue weighted by Crippen LogP contribution is -2.27. The molecule has 0 amide bonds. The predicted molar refractivity (Wildman–Crippen MR) is 62.4 cm³/mol. The highest BCUT2D eigenvalue weighted by Crippen LogP contribution is 2.15. The number of ketones is 1. The fraction of sp³-hybridized carbons (Fsp3) is 0.462. The summed E-state index contributed by atoms with van der Waals surface area (Å²) >= 11 is 0. The summed E-state index contributed by atoms with van der Waals surface area (Å²) in [6.07, 6.45) is -0.413. The van der Waals surface area contributed by atoms with E-state index in [2.05, 4.69) is 0 Å². The summed E-state index contributed by atoms with van der Waals surface area (Å²) < 4.78 is 9.88. The van der Waals surface area contributed by atoms with Crippen molar-refractivity contribution >= 4 is 5.78 Å². The van der Waals surface area contributed by atoms with Crippen LogP contribution in [0.1, 0.15) is 16.7 Å². The number of carbonyl (C=O) groups excluding carboxylic acids is 1. The maximum absolute atomic E-state index is 11.8. The van der Waals surface area contributed by atoms with Crippen LogP contribution in [0.4, 0.5) is 0 Å². The first-order valence-electron chi connectivity index (χ1n) is 5.23. The highest BCUT2D eigenvalue weighted by molar-refractivity contribution is 5.84. The largest absolute Gasteiger partial charge is 0.349 e. The van der Waals surface area contributed by atoms with Crippen molar-refractivity contribution in [3.8, 4) is 0 Å². The van der Waals surface area contributed by atoms with E-state index in [1.165, 1.54) is 14.2 Å². The van der Waals surface area contributed by atoms with Crippen molar-refractivity contribution in [2.24, 2.45) is 0 Å². The Morgan fingerprint density at radius 3 is 2.12 bits per heavy atom. The smallest absolute Gasteiger partial charge is 0.217 e. The van der Waals surface area contributed by atoms with Crippen LogP contribution in [0.15, 0.2) is 18.2 Å². The first-order valence-corrected chi connectivity index (χ1v) is 5.23. The Kier molecular flexibility index (Phi) is 4.65. The summed E-state index contributed by atoms with van der Waals surface area (Å²) in [5.74, 6) is -0.0533. The molecule has 1 aromatic carbocycles. The molecular weight excluding hydrogens is 204 g/mol. The molecular formula is C13H18O3. The maximum Gasteiger partial charge on any atom is 0.217 e.